The van der Waals surface area contributed by atoms with E-state index in [0.717, 1.165) is 18.4 Å². The van der Waals surface area contributed by atoms with Crippen LogP contribution >= 0.6 is 0 Å². The summed E-state index contributed by atoms with van der Waals surface area (Å²) in [5.74, 6) is 1.07. The van der Waals surface area contributed by atoms with Crippen molar-refractivity contribution in [2.24, 2.45) is 14.1 Å². The van der Waals surface area contributed by atoms with Crippen LogP contribution in [0.5, 0.6) is 5.88 Å². The summed E-state index contributed by atoms with van der Waals surface area (Å²) in [5, 5.41) is 4.23. The Balaban J connectivity index is 1.76. The second kappa shape index (κ2) is 6.73. The fourth-order valence-electron chi connectivity index (χ4n) is 3.48. The van der Waals surface area contributed by atoms with Gasteiger partial charge in [-0.05, 0) is 19.8 Å². The summed E-state index contributed by atoms with van der Waals surface area (Å²) in [6.45, 7) is 2.36. The summed E-state index contributed by atoms with van der Waals surface area (Å²) >= 11 is 0. The minimum atomic E-state index is -0.204. The van der Waals surface area contributed by atoms with Crippen LogP contribution in [0.3, 0.4) is 0 Å². The van der Waals surface area contributed by atoms with Gasteiger partial charge in [0.25, 0.3) is 5.56 Å². The summed E-state index contributed by atoms with van der Waals surface area (Å²) in [6.07, 6.45) is 5.21. The smallest absolute Gasteiger partial charge is 0.281 e. The van der Waals surface area contributed by atoms with E-state index in [2.05, 4.69) is 20.1 Å². The van der Waals surface area contributed by atoms with Crippen LogP contribution < -0.4 is 10.3 Å². The van der Waals surface area contributed by atoms with Gasteiger partial charge in [-0.25, -0.2) is 9.97 Å². The monoisotopic (exact) mass is 370 g/mol. The lowest BCUT2D eigenvalue weighted by molar-refractivity contribution is 0.00423. The average Bonchev–Trinajstić information content (AvgIpc) is 3.12. The molecule has 4 rings (SSSR count). The highest BCUT2D eigenvalue weighted by Crippen LogP contribution is 2.39. The molecule has 0 aliphatic carbocycles. The van der Waals surface area contributed by atoms with E-state index < -0.39 is 0 Å². The molecular formula is C18H22N6O3. The molecule has 0 spiro atoms. The minimum absolute atomic E-state index is 0.0707. The predicted molar refractivity (Wildman–Crippen MR) is 97.7 cm³/mol. The second-order valence-corrected chi connectivity index (χ2v) is 6.84. The number of hydrogen-bond acceptors (Lipinski definition) is 7. The van der Waals surface area contributed by atoms with Crippen molar-refractivity contribution in [1.29, 1.82) is 0 Å². The quantitative estimate of drug-likeness (QED) is 0.687. The Morgan fingerprint density at radius 1 is 1.26 bits per heavy atom. The van der Waals surface area contributed by atoms with Crippen molar-refractivity contribution < 1.29 is 9.47 Å². The van der Waals surface area contributed by atoms with Crippen LogP contribution in [0.2, 0.25) is 0 Å². The van der Waals surface area contributed by atoms with E-state index in [9.17, 15) is 4.79 Å². The molecule has 0 bridgehead atoms. The summed E-state index contributed by atoms with van der Waals surface area (Å²) in [4.78, 5) is 26.1. The molecule has 1 fully saturated rings. The number of rotatable bonds is 3. The molecule has 0 radical (unpaired) electrons. The molecule has 142 valence electrons. The Bertz CT molecular complexity index is 1060. The van der Waals surface area contributed by atoms with Crippen molar-refractivity contribution in [2.45, 2.75) is 31.8 Å². The maximum atomic E-state index is 12.6. The number of nitrogens with zero attached hydrogens (tertiary/aromatic N) is 6. The maximum Gasteiger partial charge on any atom is 0.281 e. The number of hydrogen-bond donors (Lipinski definition) is 0. The molecule has 0 aromatic carbocycles. The van der Waals surface area contributed by atoms with E-state index in [4.69, 9.17) is 9.47 Å². The van der Waals surface area contributed by atoms with Crippen LogP contribution in [0.1, 0.15) is 41.9 Å². The van der Waals surface area contributed by atoms with Gasteiger partial charge in [0.15, 0.2) is 11.2 Å². The minimum Gasteiger partial charge on any atom is -0.480 e. The molecular weight excluding hydrogens is 348 g/mol. The molecule has 9 heteroatoms. The third-order valence-electron chi connectivity index (χ3n) is 5.09. The van der Waals surface area contributed by atoms with Crippen molar-refractivity contribution in [1.82, 2.24) is 29.3 Å². The molecule has 9 nitrogen and oxygen atoms in total. The van der Waals surface area contributed by atoms with Gasteiger partial charge in [0.05, 0.1) is 19.4 Å². The van der Waals surface area contributed by atoms with E-state index in [1.54, 1.807) is 25.8 Å². The first-order valence-electron chi connectivity index (χ1n) is 8.87. The number of ether oxygens (including phenoxy) is 2. The summed E-state index contributed by atoms with van der Waals surface area (Å²) < 4.78 is 14.7. The Morgan fingerprint density at radius 2 is 2.07 bits per heavy atom. The van der Waals surface area contributed by atoms with Crippen molar-refractivity contribution in [3.8, 4) is 5.88 Å². The first kappa shape index (κ1) is 17.6. The largest absolute Gasteiger partial charge is 0.480 e. The first-order chi connectivity index (χ1) is 13.0. The molecule has 0 N–H and O–H groups in total. The number of fused-ring (bicyclic) bond motifs is 1. The van der Waals surface area contributed by atoms with E-state index in [1.807, 2.05) is 19.4 Å². The normalized spacial score (nSPS) is 20.1. The van der Waals surface area contributed by atoms with E-state index in [1.165, 1.54) is 4.57 Å². The highest BCUT2D eigenvalue weighted by atomic mass is 16.5. The zero-order chi connectivity index (χ0) is 19.1. The van der Waals surface area contributed by atoms with Gasteiger partial charge < -0.3 is 9.47 Å². The van der Waals surface area contributed by atoms with Gasteiger partial charge in [-0.2, -0.15) is 10.1 Å². The van der Waals surface area contributed by atoms with Crippen LogP contribution in [-0.4, -0.2) is 43.0 Å². The molecule has 0 amide bonds. The molecule has 0 saturated carbocycles. The van der Waals surface area contributed by atoms with Crippen LogP contribution in [0, 0.1) is 6.92 Å². The lowest BCUT2D eigenvalue weighted by Crippen LogP contribution is -2.24. The topological polar surface area (TPSA) is 97.0 Å². The molecule has 1 aliphatic rings. The Kier molecular flexibility index (Phi) is 4.39. The molecule has 4 heterocycles. The SMILES string of the molecule is COc1nc2nc(C)n(C)c(=O)c2nc1C1CCOC(c2cnn(C)c2)C1. The Morgan fingerprint density at radius 3 is 2.78 bits per heavy atom. The zero-order valence-electron chi connectivity index (χ0n) is 15.8. The predicted octanol–water partition coefficient (Wildman–Crippen LogP) is 1.41. The Labute approximate surface area is 156 Å². The lowest BCUT2D eigenvalue weighted by atomic mass is 9.90. The van der Waals surface area contributed by atoms with Gasteiger partial charge in [0, 0.05) is 38.4 Å². The summed E-state index contributed by atoms with van der Waals surface area (Å²) in [7, 11) is 5.13. The molecule has 1 aliphatic heterocycles. The standard InChI is InChI=1S/C18H22N6O3/c1-10-20-16-15(18(25)24(10)3)21-14(17(22-16)26-4)11-5-6-27-13(7-11)12-8-19-23(2)9-12/h8-9,11,13H,5-7H2,1-4H3. The van der Waals surface area contributed by atoms with Gasteiger partial charge in [0.2, 0.25) is 5.88 Å². The Hall–Kier alpha value is -2.81. The van der Waals surface area contributed by atoms with Gasteiger partial charge in [-0.15, -0.1) is 0 Å². The first-order valence-corrected chi connectivity index (χ1v) is 8.87. The molecule has 3 aromatic heterocycles. The van der Waals surface area contributed by atoms with Crippen LogP contribution in [0.15, 0.2) is 17.2 Å². The zero-order valence-corrected chi connectivity index (χ0v) is 15.8. The fraction of sp³-hybridized carbons (Fsp3) is 0.500. The van der Waals surface area contributed by atoms with Crippen molar-refractivity contribution in [2.75, 3.05) is 13.7 Å². The fourth-order valence-corrected chi connectivity index (χ4v) is 3.48. The van der Waals surface area contributed by atoms with Crippen LogP contribution in [0.4, 0.5) is 0 Å². The van der Waals surface area contributed by atoms with Gasteiger partial charge in [0.1, 0.15) is 11.5 Å². The molecule has 2 unspecified atom stereocenters. The number of methoxy groups -OCH3 is 1. The summed E-state index contributed by atoms with van der Waals surface area (Å²) in [6, 6.07) is 0. The summed E-state index contributed by atoms with van der Waals surface area (Å²) in [5.41, 5.74) is 2.09. The molecule has 2 atom stereocenters. The third kappa shape index (κ3) is 3.08. The molecule has 27 heavy (non-hydrogen) atoms. The van der Waals surface area contributed by atoms with Crippen molar-refractivity contribution >= 4 is 11.2 Å². The highest BCUT2D eigenvalue weighted by Gasteiger charge is 2.30. The van der Waals surface area contributed by atoms with Crippen molar-refractivity contribution in [3.63, 3.8) is 0 Å². The van der Waals surface area contributed by atoms with Crippen LogP contribution in [-0.2, 0) is 18.8 Å². The van der Waals surface area contributed by atoms with E-state index in [-0.39, 0.29) is 23.1 Å². The molecule has 1 saturated heterocycles. The van der Waals surface area contributed by atoms with Crippen molar-refractivity contribution in [3.05, 3.63) is 39.8 Å². The van der Waals surface area contributed by atoms with Gasteiger partial charge >= 0.3 is 0 Å². The van der Waals surface area contributed by atoms with Crippen LogP contribution in [0.25, 0.3) is 11.2 Å². The third-order valence-corrected chi connectivity index (χ3v) is 5.09. The maximum absolute atomic E-state index is 12.6. The van der Waals surface area contributed by atoms with E-state index >= 15 is 0 Å². The number of aryl methyl sites for hydroxylation is 2. The molecule has 3 aromatic rings. The number of aromatic nitrogens is 6. The highest BCUT2D eigenvalue weighted by molar-refractivity contribution is 5.69. The van der Waals surface area contributed by atoms with Gasteiger partial charge in [-0.3, -0.25) is 14.0 Å². The lowest BCUT2D eigenvalue weighted by Gasteiger charge is -2.29. The van der Waals surface area contributed by atoms with E-state index in [0.29, 0.717) is 29.7 Å². The second-order valence-electron chi connectivity index (χ2n) is 6.84. The van der Waals surface area contributed by atoms with Gasteiger partial charge in [-0.1, -0.05) is 0 Å². The average molecular weight is 370 g/mol.